The molecule has 1 rings (SSSR count). The van der Waals surface area contributed by atoms with Gasteiger partial charge in [-0.3, -0.25) is 4.79 Å². The summed E-state index contributed by atoms with van der Waals surface area (Å²) in [4.78, 5) is 11.4. The molecule has 0 unspecified atom stereocenters. The van der Waals surface area contributed by atoms with Crippen molar-refractivity contribution < 1.29 is 9.47 Å². The van der Waals surface area contributed by atoms with E-state index < -0.39 is 0 Å². The van der Waals surface area contributed by atoms with Crippen LogP contribution in [-0.4, -0.2) is 31.5 Å². The number of halogens is 1. The second-order valence-electron chi connectivity index (χ2n) is 3.34. The van der Waals surface area contributed by atoms with Gasteiger partial charge in [0.1, 0.15) is 0 Å². The van der Waals surface area contributed by atoms with Crippen molar-refractivity contribution >= 4 is 15.9 Å². The van der Waals surface area contributed by atoms with Gasteiger partial charge < -0.3 is 14.0 Å². The van der Waals surface area contributed by atoms with Gasteiger partial charge in [0.25, 0.3) is 5.56 Å². The fourth-order valence-corrected chi connectivity index (χ4v) is 1.63. The predicted molar refractivity (Wildman–Crippen MR) is 65.7 cm³/mol. The molecular formula is C11H16BrNO3. The van der Waals surface area contributed by atoms with E-state index >= 15 is 0 Å². The van der Waals surface area contributed by atoms with E-state index in [1.807, 2.05) is 0 Å². The monoisotopic (exact) mass is 289 g/mol. The molecule has 1 heterocycles. The molecule has 0 aliphatic rings. The van der Waals surface area contributed by atoms with Crippen LogP contribution in [0.15, 0.2) is 27.6 Å². The van der Waals surface area contributed by atoms with Crippen LogP contribution < -0.4 is 5.56 Å². The van der Waals surface area contributed by atoms with Gasteiger partial charge in [-0.1, -0.05) is 0 Å². The van der Waals surface area contributed by atoms with Crippen molar-refractivity contribution in [2.45, 2.75) is 13.0 Å². The molecule has 0 spiro atoms. The zero-order chi connectivity index (χ0) is 11.8. The van der Waals surface area contributed by atoms with Crippen LogP contribution in [-0.2, 0) is 16.0 Å². The van der Waals surface area contributed by atoms with E-state index in [2.05, 4.69) is 15.9 Å². The van der Waals surface area contributed by atoms with Gasteiger partial charge in [-0.15, -0.1) is 0 Å². The molecule has 5 heteroatoms. The summed E-state index contributed by atoms with van der Waals surface area (Å²) in [5.41, 5.74) is -0.0105. The van der Waals surface area contributed by atoms with E-state index in [4.69, 9.17) is 9.47 Å². The Balaban J connectivity index is 2.26. The fraction of sp³-hybridized carbons (Fsp3) is 0.545. The van der Waals surface area contributed by atoms with E-state index in [1.54, 1.807) is 23.9 Å². The third-order valence-corrected chi connectivity index (χ3v) is 2.53. The maximum atomic E-state index is 11.4. The van der Waals surface area contributed by atoms with E-state index in [0.717, 1.165) is 10.9 Å². The summed E-state index contributed by atoms with van der Waals surface area (Å²) in [6.07, 6.45) is 2.64. The number of ether oxygens (including phenoxy) is 2. The minimum Gasteiger partial charge on any atom is -0.385 e. The Hall–Kier alpha value is -0.650. The summed E-state index contributed by atoms with van der Waals surface area (Å²) in [5, 5.41) is 0. The molecule has 0 N–H and O–H groups in total. The van der Waals surface area contributed by atoms with Gasteiger partial charge in [-0.25, -0.2) is 0 Å². The van der Waals surface area contributed by atoms with Gasteiger partial charge in [-0.2, -0.15) is 0 Å². The molecule has 16 heavy (non-hydrogen) atoms. The lowest BCUT2D eigenvalue weighted by atomic mass is 10.4. The Bertz CT molecular complexity index is 364. The standard InChI is InChI=1S/C11H16BrNO3/c1-15-6-2-7-16-8-5-13-9-10(12)3-4-11(13)14/h3-4,9H,2,5-8H2,1H3. The molecule has 0 amide bonds. The van der Waals surface area contributed by atoms with Gasteiger partial charge in [0, 0.05) is 43.6 Å². The zero-order valence-corrected chi connectivity index (χ0v) is 10.9. The minimum atomic E-state index is -0.0105. The van der Waals surface area contributed by atoms with Crippen LogP contribution in [0.1, 0.15) is 6.42 Å². The highest BCUT2D eigenvalue weighted by Gasteiger charge is 1.96. The molecule has 0 bridgehead atoms. The highest BCUT2D eigenvalue weighted by molar-refractivity contribution is 9.10. The Labute approximate surface area is 103 Å². The Morgan fingerprint density at radius 1 is 1.31 bits per heavy atom. The lowest BCUT2D eigenvalue weighted by Gasteiger charge is -2.06. The number of hydrogen-bond donors (Lipinski definition) is 0. The van der Waals surface area contributed by atoms with Crippen LogP contribution in [0.3, 0.4) is 0 Å². The number of hydrogen-bond acceptors (Lipinski definition) is 3. The van der Waals surface area contributed by atoms with Crippen LogP contribution in [0.5, 0.6) is 0 Å². The molecule has 90 valence electrons. The topological polar surface area (TPSA) is 40.5 Å². The number of rotatable bonds is 7. The van der Waals surface area contributed by atoms with Gasteiger partial charge >= 0.3 is 0 Å². The summed E-state index contributed by atoms with van der Waals surface area (Å²) >= 11 is 3.32. The lowest BCUT2D eigenvalue weighted by Crippen LogP contribution is -2.21. The average molecular weight is 290 g/mol. The van der Waals surface area contributed by atoms with Gasteiger partial charge in [0.2, 0.25) is 0 Å². The fourth-order valence-electron chi connectivity index (χ4n) is 1.25. The third-order valence-electron chi connectivity index (χ3n) is 2.06. The molecule has 0 saturated carbocycles. The first-order chi connectivity index (χ1) is 7.74. The number of nitrogens with zero attached hydrogens (tertiary/aromatic N) is 1. The number of pyridine rings is 1. The van der Waals surface area contributed by atoms with E-state index in [-0.39, 0.29) is 5.56 Å². The van der Waals surface area contributed by atoms with E-state index in [0.29, 0.717) is 26.4 Å². The van der Waals surface area contributed by atoms with Crippen molar-refractivity contribution in [2.75, 3.05) is 26.9 Å². The second-order valence-corrected chi connectivity index (χ2v) is 4.25. The van der Waals surface area contributed by atoms with Gasteiger partial charge in [-0.05, 0) is 28.4 Å². The molecule has 4 nitrogen and oxygen atoms in total. The summed E-state index contributed by atoms with van der Waals surface area (Å²) in [7, 11) is 1.67. The zero-order valence-electron chi connectivity index (χ0n) is 9.32. The maximum Gasteiger partial charge on any atom is 0.250 e. The number of methoxy groups -OCH3 is 1. The van der Waals surface area contributed by atoms with Crippen molar-refractivity contribution in [3.63, 3.8) is 0 Å². The van der Waals surface area contributed by atoms with E-state index in [1.165, 1.54) is 6.07 Å². The van der Waals surface area contributed by atoms with Crippen molar-refractivity contribution in [1.82, 2.24) is 4.57 Å². The third kappa shape index (κ3) is 4.92. The summed E-state index contributed by atoms with van der Waals surface area (Å²) < 4.78 is 12.8. The Morgan fingerprint density at radius 2 is 2.12 bits per heavy atom. The van der Waals surface area contributed by atoms with Crippen LogP contribution in [0.4, 0.5) is 0 Å². The summed E-state index contributed by atoms with van der Waals surface area (Å²) in [6.45, 7) is 2.48. The first-order valence-corrected chi connectivity index (χ1v) is 5.96. The highest BCUT2D eigenvalue weighted by Crippen LogP contribution is 2.04. The van der Waals surface area contributed by atoms with Crippen molar-refractivity contribution in [3.05, 3.63) is 33.2 Å². The molecule has 1 aromatic rings. The Kier molecular flexibility index (Phi) is 6.37. The maximum absolute atomic E-state index is 11.4. The second kappa shape index (κ2) is 7.60. The summed E-state index contributed by atoms with van der Waals surface area (Å²) in [6, 6.07) is 3.27. The lowest BCUT2D eigenvalue weighted by molar-refractivity contribution is 0.0972. The van der Waals surface area contributed by atoms with Gasteiger partial charge in [0.15, 0.2) is 0 Å². The molecule has 0 radical (unpaired) electrons. The van der Waals surface area contributed by atoms with Gasteiger partial charge in [0.05, 0.1) is 6.61 Å². The normalized spacial score (nSPS) is 10.6. The van der Waals surface area contributed by atoms with Crippen LogP contribution in [0.2, 0.25) is 0 Å². The van der Waals surface area contributed by atoms with Crippen molar-refractivity contribution in [3.8, 4) is 0 Å². The quantitative estimate of drug-likeness (QED) is 0.717. The smallest absolute Gasteiger partial charge is 0.250 e. The molecule has 1 aromatic heterocycles. The predicted octanol–water partition coefficient (Wildman–Crippen LogP) is 1.66. The largest absolute Gasteiger partial charge is 0.385 e. The first kappa shape index (κ1) is 13.4. The van der Waals surface area contributed by atoms with Crippen LogP contribution >= 0.6 is 15.9 Å². The van der Waals surface area contributed by atoms with Crippen LogP contribution in [0.25, 0.3) is 0 Å². The highest BCUT2D eigenvalue weighted by atomic mass is 79.9. The Morgan fingerprint density at radius 3 is 2.88 bits per heavy atom. The molecular weight excluding hydrogens is 274 g/mol. The molecule has 0 fully saturated rings. The molecule has 0 aliphatic heterocycles. The van der Waals surface area contributed by atoms with Crippen molar-refractivity contribution in [1.29, 1.82) is 0 Å². The van der Waals surface area contributed by atoms with Crippen molar-refractivity contribution in [2.24, 2.45) is 0 Å². The van der Waals surface area contributed by atoms with E-state index in [9.17, 15) is 4.79 Å². The number of aromatic nitrogens is 1. The average Bonchev–Trinajstić information content (AvgIpc) is 2.28. The first-order valence-electron chi connectivity index (χ1n) is 5.16. The molecule has 0 aromatic carbocycles. The van der Waals surface area contributed by atoms with Crippen LogP contribution in [0, 0.1) is 0 Å². The molecule has 0 atom stereocenters. The SMILES string of the molecule is COCCCOCCn1cc(Br)ccc1=O. The molecule has 0 aliphatic carbocycles. The summed E-state index contributed by atoms with van der Waals surface area (Å²) in [5.74, 6) is 0. The molecule has 0 saturated heterocycles. The minimum absolute atomic E-state index is 0.0105.